The van der Waals surface area contributed by atoms with E-state index in [2.05, 4.69) is 19.2 Å². The molecule has 0 saturated heterocycles. The van der Waals surface area contributed by atoms with Crippen molar-refractivity contribution in [2.24, 2.45) is 0 Å². The van der Waals surface area contributed by atoms with Crippen LogP contribution in [0.25, 0.3) is 6.08 Å². The van der Waals surface area contributed by atoms with Crippen molar-refractivity contribution in [2.75, 3.05) is 5.32 Å². The van der Waals surface area contributed by atoms with E-state index in [4.69, 9.17) is 0 Å². The molecule has 4 nitrogen and oxygen atoms in total. The third-order valence-electron chi connectivity index (χ3n) is 4.71. The number of carbonyl (C=O) groups is 2. The normalized spacial score (nSPS) is 15.7. The first-order valence-electron chi connectivity index (χ1n) is 8.91. The van der Waals surface area contributed by atoms with E-state index in [1.807, 2.05) is 54.6 Å². The standard InChI is InChI=1S/C22H24N2O2/c1-15(2)17-8-10-19(11-9-17)23-22(26)14-21-20-7-5-4-6-18(20)12-13-24(21)16(3)25/h4-13,15,21H,14H2,1-3H3,(H,23,26). The smallest absolute Gasteiger partial charge is 0.226 e. The minimum absolute atomic E-state index is 0.0742. The van der Waals surface area contributed by atoms with Gasteiger partial charge in [0.1, 0.15) is 0 Å². The van der Waals surface area contributed by atoms with Crippen LogP contribution in [0.15, 0.2) is 54.7 Å². The summed E-state index contributed by atoms with van der Waals surface area (Å²) in [6.07, 6.45) is 3.89. The van der Waals surface area contributed by atoms with Gasteiger partial charge in [-0.2, -0.15) is 0 Å². The van der Waals surface area contributed by atoms with E-state index >= 15 is 0 Å². The number of fused-ring (bicyclic) bond motifs is 1. The van der Waals surface area contributed by atoms with Crippen molar-refractivity contribution in [3.05, 3.63) is 71.4 Å². The molecule has 0 fully saturated rings. The molecule has 1 unspecified atom stereocenters. The lowest BCUT2D eigenvalue weighted by Crippen LogP contribution is -2.33. The predicted molar refractivity (Wildman–Crippen MR) is 105 cm³/mol. The van der Waals surface area contributed by atoms with Gasteiger partial charge in [0.05, 0.1) is 12.5 Å². The van der Waals surface area contributed by atoms with Gasteiger partial charge in [-0.05, 0) is 40.8 Å². The molecule has 1 heterocycles. The van der Waals surface area contributed by atoms with Crippen molar-refractivity contribution in [1.29, 1.82) is 0 Å². The maximum atomic E-state index is 12.6. The second kappa shape index (κ2) is 7.56. The van der Waals surface area contributed by atoms with E-state index in [1.54, 1.807) is 11.1 Å². The second-order valence-electron chi connectivity index (χ2n) is 6.92. The highest BCUT2D eigenvalue weighted by Crippen LogP contribution is 2.33. The van der Waals surface area contributed by atoms with E-state index in [0.29, 0.717) is 5.92 Å². The summed E-state index contributed by atoms with van der Waals surface area (Å²) in [5.74, 6) is 0.271. The van der Waals surface area contributed by atoms with Crippen LogP contribution in [0.2, 0.25) is 0 Å². The van der Waals surface area contributed by atoms with E-state index in [0.717, 1.165) is 16.8 Å². The maximum Gasteiger partial charge on any atom is 0.226 e. The molecule has 2 aromatic rings. The fourth-order valence-electron chi connectivity index (χ4n) is 3.25. The minimum atomic E-state index is -0.288. The fraction of sp³-hybridized carbons (Fsp3) is 0.273. The molecule has 1 atom stereocenters. The Bertz CT molecular complexity index is 837. The van der Waals surface area contributed by atoms with Gasteiger partial charge in [0.25, 0.3) is 0 Å². The average molecular weight is 348 g/mol. The summed E-state index contributed by atoms with van der Waals surface area (Å²) in [6.45, 7) is 5.80. The highest BCUT2D eigenvalue weighted by Gasteiger charge is 2.28. The largest absolute Gasteiger partial charge is 0.326 e. The number of nitrogens with zero attached hydrogens (tertiary/aromatic N) is 1. The van der Waals surface area contributed by atoms with Crippen molar-refractivity contribution < 1.29 is 9.59 Å². The van der Waals surface area contributed by atoms with Crippen LogP contribution in [-0.4, -0.2) is 16.7 Å². The second-order valence-corrected chi connectivity index (χ2v) is 6.92. The molecule has 3 rings (SSSR count). The molecule has 2 amide bonds. The molecule has 0 bridgehead atoms. The summed E-state index contributed by atoms with van der Waals surface area (Å²) in [7, 11) is 0. The first kappa shape index (κ1) is 17.9. The molecule has 0 aromatic heterocycles. The quantitative estimate of drug-likeness (QED) is 0.870. The topological polar surface area (TPSA) is 49.4 Å². The summed E-state index contributed by atoms with van der Waals surface area (Å²) < 4.78 is 0. The van der Waals surface area contributed by atoms with E-state index < -0.39 is 0 Å². The Morgan fingerprint density at radius 2 is 1.77 bits per heavy atom. The molecule has 0 saturated carbocycles. The molecule has 26 heavy (non-hydrogen) atoms. The van der Waals surface area contributed by atoms with E-state index in [-0.39, 0.29) is 24.3 Å². The monoisotopic (exact) mass is 348 g/mol. The molecule has 1 aliphatic heterocycles. The predicted octanol–water partition coefficient (Wildman–Crippen LogP) is 4.71. The number of amides is 2. The van der Waals surface area contributed by atoms with Crippen LogP contribution in [0.4, 0.5) is 5.69 Å². The highest BCUT2D eigenvalue weighted by atomic mass is 16.2. The summed E-state index contributed by atoms with van der Waals surface area (Å²) in [5.41, 5.74) is 4.05. The third kappa shape index (κ3) is 3.85. The lowest BCUT2D eigenvalue weighted by atomic mass is 9.93. The van der Waals surface area contributed by atoms with Crippen molar-refractivity contribution in [3.8, 4) is 0 Å². The summed E-state index contributed by atoms with van der Waals surface area (Å²) >= 11 is 0. The number of rotatable bonds is 4. The number of hydrogen-bond acceptors (Lipinski definition) is 2. The molecule has 1 aliphatic rings. The van der Waals surface area contributed by atoms with Crippen molar-refractivity contribution in [1.82, 2.24) is 4.90 Å². The Labute approximate surface area is 154 Å². The van der Waals surface area contributed by atoms with Gasteiger partial charge >= 0.3 is 0 Å². The van der Waals surface area contributed by atoms with E-state index in [9.17, 15) is 9.59 Å². The van der Waals surface area contributed by atoms with Gasteiger partial charge in [-0.25, -0.2) is 0 Å². The van der Waals surface area contributed by atoms with Gasteiger partial charge < -0.3 is 10.2 Å². The summed E-state index contributed by atoms with van der Waals surface area (Å²) in [4.78, 5) is 26.2. The van der Waals surface area contributed by atoms with Crippen LogP contribution in [-0.2, 0) is 9.59 Å². The fourth-order valence-corrected chi connectivity index (χ4v) is 3.25. The number of carbonyl (C=O) groups excluding carboxylic acids is 2. The molecule has 134 valence electrons. The lowest BCUT2D eigenvalue weighted by Gasteiger charge is -2.32. The molecule has 0 aliphatic carbocycles. The van der Waals surface area contributed by atoms with Gasteiger partial charge in [0.2, 0.25) is 11.8 Å². The Kier molecular flexibility index (Phi) is 5.21. The van der Waals surface area contributed by atoms with Crippen molar-refractivity contribution in [2.45, 2.75) is 39.2 Å². The zero-order valence-electron chi connectivity index (χ0n) is 15.4. The van der Waals surface area contributed by atoms with Crippen LogP contribution in [0, 0.1) is 0 Å². The number of anilines is 1. The Morgan fingerprint density at radius 3 is 2.42 bits per heavy atom. The van der Waals surface area contributed by atoms with Gasteiger partial charge in [0, 0.05) is 18.8 Å². The van der Waals surface area contributed by atoms with Crippen molar-refractivity contribution in [3.63, 3.8) is 0 Å². The van der Waals surface area contributed by atoms with E-state index in [1.165, 1.54) is 12.5 Å². The molecular formula is C22H24N2O2. The van der Waals surface area contributed by atoms with Crippen LogP contribution in [0.5, 0.6) is 0 Å². The van der Waals surface area contributed by atoms with Crippen LogP contribution < -0.4 is 5.32 Å². The first-order valence-corrected chi connectivity index (χ1v) is 8.91. The van der Waals surface area contributed by atoms with Gasteiger partial charge in [-0.15, -0.1) is 0 Å². The molecule has 2 aromatic carbocycles. The zero-order chi connectivity index (χ0) is 18.7. The highest BCUT2D eigenvalue weighted by molar-refractivity contribution is 5.92. The van der Waals surface area contributed by atoms with Gasteiger partial charge in [-0.3, -0.25) is 9.59 Å². The Hall–Kier alpha value is -2.88. The van der Waals surface area contributed by atoms with Gasteiger partial charge in [-0.1, -0.05) is 50.2 Å². The molecular weight excluding hydrogens is 324 g/mol. The van der Waals surface area contributed by atoms with Crippen LogP contribution in [0.1, 0.15) is 55.8 Å². The Morgan fingerprint density at radius 1 is 1.08 bits per heavy atom. The molecule has 0 spiro atoms. The number of benzene rings is 2. The average Bonchev–Trinajstić information content (AvgIpc) is 2.62. The number of hydrogen-bond donors (Lipinski definition) is 1. The first-order chi connectivity index (χ1) is 12.5. The molecule has 4 heteroatoms. The molecule has 0 radical (unpaired) electrons. The summed E-state index contributed by atoms with van der Waals surface area (Å²) in [6, 6.07) is 15.5. The van der Waals surface area contributed by atoms with Crippen LogP contribution >= 0.6 is 0 Å². The SMILES string of the molecule is CC(=O)N1C=Cc2ccccc2C1CC(=O)Nc1ccc(C(C)C)cc1. The minimum Gasteiger partial charge on any atom is -0.326 e. The maximum absolute atomic E-state index is 12.6. The summed E-state index contributed by atoms with van der Waals surface area (Å²) in [5, 5.41) is 2.94. The Balaban J connectivity index is 1.76. The number of nitrogens with one attached hydrogen (secondary N) is 1. The third-order valence-corrected chi connectivity index (χ3v) is 4.71. The lowest BCUT2D eigenvalue weighted by molar-refractivity contribution is -0.129. The molecule has 1 N–H and O–H groups in total. The zero-order valence-corrected chi connectivity index (χ0v) is 15.4. The van der Waals surface area contributed by atoms with Crippen LogP contribution in [0.3, 0.4) is 0 Å². The van der Waals surface area contributed by atoms with Crippen molar-refractivity contribution >= 4 is 23.6 Å². The van der Waals surface area contributed by atoms with Gasteiger partial charge in [0.15, 0.2) is 0 Å².